The van der Waals surface area contributed by atoms with Gasteiger partial charge in [0, 0.05) is 55.8 Å². The maximum Gasteiger partial charge on any atom is 0.358 e. The zero-order chi connectivity index (χ0) is 59.5. The minimum atomic E-state index is 0.194. The summed E-state index contributed by atoms with van der Waals surface area (Å²) in [7, 11) is 2.29. The predicted octanol–water partition coefficient (Wildman–Crippen LogP) is 15.2. The van der Waals surface area contributed by atoms with Crippen LogP contribution in [-0.2, 0) is 51.4 Å². The van der Waals surface area contributed by atoms with E-state index in [-0.39, 0.29) is 10.7 Å². The third-order valence-electron chi connectivity index (χ3n) is 15.7. The molecule has 0 saturated carbocycles. The van der Waals surface area contributed by atoms with Crippen molar-refractivity contribution >= 4 is 159 Å². The number of benzene rings is 8. The fraction of sp³-hybridized carbons (Fsp3) is 0.147. The van der Waals surface area contributed by atoms with Crippen molar-refractivity contribution in [3.8, 4) is 67.8 Å². The standard InChI is InChI=1S/2C33H25N3P.2CH2Cl2.2I3/c2*1-3-16-29-22(8-1)18-20-25-12-7-13-26(34-25)21-19-23-9-2-4-17-30(23)36-33-28-15-6-11-24-10-5-14-27(31(24)28)32(33)35(29)37-36;2*2-1-3;2*1-3-2/h2*1-17H,18-21H2;2*1H2;;/q2*+1;;;2*-1. The van der Waals surface area contributed by atoms with Gasteiger partial charge in [0.25, 0.3) is 0 Å². The second-order valence-corrected chi connectivity index (χ2v) is 56.4. The van der Waals surface area contributed by atoms with E-state index < -0.39 is 0 Å². The summed E-state index contributed by atoms with van der Waals surface area (Å²) in [6.45, 7) is 0. The van der Waals surface area contributed by atoms with E-state index in [1.54, 1.807) is 0 Å². The first kappa shape index (κ1) is 64.9. The number of hydrogen-bond donors (Lipinski definition) is 0. The van der Waals surface area contributed by atoms with Crippen LogP contribution in [0.2, 0.25) is 0 Å². The van der Waals surface area contributed by atoms with Crippen molar-refractivity contribution in [3.05, 3.63) is 251 Å². The molecule has 12 aromatic rings. The number of aromatic nitrogens is 6. The molecule has 6 heterocycles. The Morgan fingerprint density at radius 1 is 0.360 bits per heavy atom. The number of pyridine rings is 2. The van der Waals surface area contributed by atoms with E-state index in [4.69, 9.17) is 56.4 Å². The van der Waals surface area contributed by atoms with Crippen LogP contribution in [-0.4, -0.2) is 29.3 Å². The van der Waals surface area contributed by atoms with Gasteiger partial charge in [-0.3, -0.25) is 9.97 Å². The first-order valence-electron chi connectivity index (χ1n) is 27.7. The van der Waals surface area contributed by atoms with Crippen molar-refractivity contribution < 1.29 is 35.2 Å². The number of hydrogen-bond acceptors (Lipinski definition) is 2. The van der Waals surface area contributed by atoms with Crippen LogP contribution in [0, 0.1) is 0 Å². The van der Waals surface area contributed by atoms with Crippen molar-refractivity contribution in [2.45, 2.75) is 51.4 Å². The summed E-state index contributed by atoms with van der Waals surface area (Å²) in [5, 5.41) is 5.74. The zero-order valence-corrected chi connectivity index (χ0v) is 63.8. The van der Waals surface area contributed by atoms with Gasteiger partial charge in [-0.25, -0.2) is 0 Å². The molecule has 0 radical (unpaired) electrons. The maximum absolute atomic E-state index is 5.03. The molecular formula is C68H54Cl4I6N6P2. The molecule has 4 aromatic heterocycles. The Morgan fingerprint density at radius 2 is 0.651 bits per heavy atom. The quantitative estimate of drug-likeness (QED) is 0.112. The molecule has 16 rings (SSSR count). The van der Waals surface area contributed by atoms with Gasteiger partial charge in [0.1, 0.15) is 22.7 Å². The molecule has 0 spiro atoms. The Balaban J connectivity index is 0.000000151. The molecule has 0 fully saturated rings. The number of halogens is 10. The van der Waals surface area contributed by atoms with Crippen LogP contribution < -0.4 is 35.2 Å². The Kier molecular flexibility index (Phi) is 23.9. The summed E-state index contributed by atoms with van der Waals surface area (Å²) >= 11 is 29.7. The van der Waals surface area contributed by atoms with Gasteiger partial charge in [-0.1, -0.05) is 133 Å². The Morgan fingerprint density at radius 3 is 1.01 bits per heavy atom. The van der Waals surface area contributed by atoms with Gasteiger partial charge in [0.05, 0.1) is 10.7 Å². The Hall–Kier alpha value is -2.60. The van der Waals surface area contributed by atoms with Crippen LogP contribution >= 0.6 is 138 Å². The van der Waals surface area contributed by atoms with Gasteiger partial charge in [-0.2, -0.15) is 17.3 Å². The molecule has 2 aliphatic heterocycles. The van der Waals surface area contributed by atoms with Crippen LogP contribution in [0.1, 0.15) is 45.0 Å². The van der Waals surface area contributed by atoms with E-state index >= 15 is 0 Å². The second kappa shape index (κ2) is 31.6. The van der Waals surface area contributed by atoms with Gasteiger partial charge >= 0.3 is 118 Å². The minimum absolute atomic E-state index is 0.194. The fourth-order valence-electron chi connectivity index (χ4n) is 12.3. The smallest absolute Gasteiger partial charge is 0.258 e. The van der Waals surface area contributed by atoms with Crippen molar-refractivity contribution in [1.29, 1.82) is 0 Å². The zero-order valence-electron chi connectivity index (χ0n) is 46.1. The first-order chi connectivity index (χ1) is 42.4. The normalized spacial score (nSPS) is 12.7. The monoisotopic (exact) mass is 1920 g/mol. The molecule has 0 amide bonds. The van der Waals surface area contributed by atoms with Crippen molar-refractivity contribution in [3.63, 3.8) is 0 Å². The summed E-state index contributed by atoms with van der Waals surface area (Å²) in [5.74, 6) is 0. The Labute approximate surface area is 586 Å². The molecule has 6 nitrogen and oxygen atoms in total. The average Bonchev–Trinajstić information content (AvgIpc) is 1.67. The number of alkyl halides is 4. The molecule has 0 N–H and O–H groups in total. The maximum atomic E-state index is 5.03. The Bertz CT molecular complexity index is 3840. The molecule has 0 unspecified atom stereocenters. The fourth-order valence-corrected chi connectivity index (χ4v) is 14.9. The van der Waals surface area contributed by atoms with E-state index in [0.717, 1.165) is 68.4 Å². The topological polar surface area (TPSA) is 43.4 Å². The van der Waals surface area contributed by atoms with Gasteiger partial charge in [0.2, 0.25) is 0 Å². The molecule has 18 heteroatoms. The van der Waals surface area contributed by atoms with Gasteiger partial charge in [-0.15, -0.1) is 46.4 Å². The van der Waals surface area contributed by atoms with Crippen LogP contribution in [0.5, 0.6) is 0 Å². The van der Waals surface area contributed by atoms with Gasteiger partial charge < -0.3 is 0 Å². The van der Waals surface area contributed by atoms with E-state index in [9.17, 15) is 0 Å². The molecule has 0 atom stereocenters. The molecule has 436 valence electrons. The van der Waals surface area contributed by atoms with Crippen molar-refractivity contribution in [2.75, 3.05) is 10.7 Å². The first-order valence-corrected chi connectivity index (χ1v) is 56.6. The van der Waals surface area contributed by atoms with Gasteiger partial charge in [0.15, 0.2) is 22.8 Å². The molecule has 8 bridgehead atoms. The predicted molar refractivity (Wildman–Crippen MR) is 391 cm³/mol. The summed E-state index contributed by atoms with van der Waals surface area (Å²) in [6, 6.07) is 75.8. The van der Waals surface area contributed by atoms with Gasteiger partial charge in [-0.05, 0) is 157 Å². The summed E-state index contributed by atoms with van der Waals surface area (Å²) in [4.78, 5) is 10.1. The molecule has 8 aromatic carbocycles. The number of aryl methyl sites for hydroxylation is 8. The van der Waals surface area contributed by atoms with Crippen LogP contribution in [0.4, 0.5) is 0 Å². The minimum Gasteiger partial charge on any atom is -0.258 e. The summed E-state index contributed by atoms with van der Waals surface area (Å²) in [5.41, 5.74) is 26.0. The second-order valence-electron chi connectivity index (χ2n) is 20.3. The third-order valence-corrected chi connectivity index (χ3v) is 18.1. The summed E-state index contributed by atoms with van der Waals surface area (Å²) < 4.78 is 10.1. The number of fused-ring (bicyclic) bond motifs is 26. The molecule has 86 heavy (non-hydrogen) atoms. The van der Waals surface area contributed by atoms with E-state index in [1.165, 1.54) is 134 Å². The largest absolute Gasteiger partial charge is 0.358 e. The molecular weight excluding hydrogens is 1870 g/mol. The van der Waals surface area contributed by atoms with Crippen LogP contribution in [0.25, 0.3) is 89.3 Å². The SMILES string of the molecule is ClCCl.ClCCl.I[I-]I.I[I-]I.c1cc2nc(c1)CCc1ccccc1-[n+]1pn(c3c1-c1cccc4cccc-3c14)-c1ccccc1CC2.c1cc2nc(c1)CCc1ccccc1-[n+]1pn(c3c1-c1cccc4cccc-3c14)-c1ccccc1CC2. The van der Waals surface area contributed by atoms with E-state index in [1.807, 2.05) is 0 Å². The van der Waals surface area contributed by atoms with E-state index in [0.29, 0.717) is 26.5 Å². The van der Waals surface area contributed by atoms with E-state index in [2.05, 4.69) is 298 Å². The van der Waals surface area contributed by atoms with Crippen LogP contribution in [0.3, 0.4) is 0 Å². The van der Waals surface area contributed by atoms with Crippen molar-refractivity contribution in [1.82, 2.24) is 18.6 Å². The summed E-state index contributed by atoms with van der Waals surface area (Å²) in [6.07, 6.45) is 7.64. The van der Waals surface area contributed by atoms with Crippen LogP contribution in [0.15, 0.2) is 206 Å². The van der Waals surface area contributed by atoms with Crippen molar-refractivity contribution in [2.24, 2.45) is 0 Å². The number of nitrogens with zero attached hydrogens (tertiary/aromatic N) is 6. The number of rotatable bonds is 0. The number of para-hydroxylation sites is 4. The average molecular weight is 1920 g/mol. The molecule has 2 aliphatic carbocycles. The molecule has 0 saturated heterocycles. The third kappa shape index (κ3) is 14.1. The molecule has 4 aliphatic rings.